The highest BCUT2D eigenvalue weighted by molar-refractivity contribution is 6.03. The summed E-state index contributed by atoms with van der Waals surface area (Å²) in [6.07, 6.45) is 0.536. The van der Waals surface area contributed by atoms with Crippen LogP contribution in [-0.2, 0) is 19.5 Å². The van der Waals surface area contributed by atoms with Crippen LogP contribution in [0.2, 0.25) is 0 Å². The highest BCUT2D eigenvalue weighted by atomic mass is 16.3. The third-order valence-electron chi connectivity index (χ3n) is 5.30. The van der Waals surface area contributed by atoms with Crippen LogP contribution in [-0.4, -0.2) is 28.4 Å². The van der Waals surface area contributed by atoms with Gasteiger partial charge in [0.15, 0.2) is 0 Å². The van der Waals surface area contributed by atoms with Gasteiger partial charge in [0.2, 0.25) is 0 Å². The summed E-state index contributed by atoms with van der Waals surface area (Å²) in [5.74, 6) is -0.317. The summed E-state index contributed by atoms with van der Waals surface area (Å²) in [6, 6.07) is 9.70. The number of benzene rings is 2. The van der Waals surface area contributed by atoms with Crippen LogP contribution in [0.25, 0.3) is 0 Å². The second kappa shape index (κ2) is 6.16. The Bertz CT molecular complexity index is 893. The van der Waals surface area contributed by atoms with Crippen molar-refractivity contribution in [2.75, 3.05) is 6.54 Å². The normalized spacial score (nSPS) is 15.7. The zero-order valence-corrected chi connectivity index (χ0v) is 15.0. The van der Waals surface area contributed by atoms with Crippen LogP contribution < -0.4 is 5.32 Å². The van der Waals surface area contributed by atoms with Gasteiger partial charge in [0.1, 0.15) is 5.75 Å². The lowest BCUT2D eigenvalue weighted by molar-refractivity contribution is 0.0747. The Hall–Kier alpha value is -2.82. The Morgan fingerprint density at radius 1 is 1.19 bits per heavy atom. The first-order valence-corrected chi connectivity index (χ1v) is 9.00. The molecule has 0 saturated carbocycles. The predicted molar refractivity (Wildman–Crippen MR) is 98.3 cm³/mol. The quantitative estimate of drug-likeness (QED) is 0.875. The molecule has 2 aliphatic rings. The molecule has 2 aromatic rings. The molecule has 4 rings (SSSR count). The van der Waals surface area contributed by atoms with Crippen molar-refractivity contribution in [3.63, 3.8) is 0 Å². The summed E-state index contributed by atoms with van der Waals surface area (Å²) < 4.78 is 0. The number of rotatable bonds is 2. The summed E-state index contributed by atoms with van der Waals surface area (Å²) in [4.78, 5) is 27.2. The van der Waals surface area contributed by atoms with E-state index in [1.54, 1.807) is 11.0 Å². The molecule has 2 aromatic carbocycles. The predicted octanol–water partition coefficient (Wildman–Crippen LogP) is 2.96. The Labute approximate surface area is 152 Å². The molecule has 0 atom stereocenters. The second-order valence-corrected chi connectivity index (χ2v) is 7.31. The topological polar surface area (TPSA) is 69.6 Å². The van der Waals surface area contributed by atoms with E-state index in [4.69, 9.17) is 0 Å². The summed E-state index contributed by atoms with van der Waals surface area (Å²) in [6.45, 7) is 5.55. The number of nitrogens with one attached hydrogen (secondary N) is 1. The molecule has 2 N–H and O–H groups in total. The number of amides is 2. The summed E-state index contributed by atoms with van der Waals surface area (Å²) in [5.41, 5.74) is 4.53. The van der Waals surface area contributed by atoms with E-state index < -0.39 is 0 Å². The molecule has 0 saturated heterocycles. The fourth-order valence-electron chi connectivity index (χ4n) is 3.92. The van der Waals surface area contributed by atoms with Gasteiger partial charge in [0.25, 0.3) is 11.8 Å². The fraction of sp³-hybridized carbons (Fsp3) is 0.333. The molecule has 5 heteroatoms. The molecule has 5 nitrogen and oxygen atoms in total. The minimum absolute atomic E-state index is 0.0415. The number of hydrogen-bond acceptors (Lipinski definition) is 3. The minimum atomic E-state index is -0.186. The monoisotopic (exact) mass is 350 g/mol. The van der Waals surface area contributed by atoms with Gasteiger partial charge in [-0.15, -0.1) is 0 Å². The number of phenols is 1. The fourth-order valence-corrected chi connectivity index (χ4v) is 3.92. The minimum Gasteiger partial charge on any atom is -0.507 e. The second-order valence-electron chi connectivity index (χ2n) is 7.31. The summed E-state index contributed by atoms with van der Waals surface area (Å²) >= 11 is 0. The lowest BCUT2D eigenvalue weighted by Gasteiger charge is -2.25. The molecule has 2 heterocycles. The van der Waals surface area contributed by atoms with Crippen LogP contribution in [0.5, 0.6) is 5.75 Å². The molecule has 0 aromatic heterocycles. The molecule has 2 amide bonds. The highest BCUT2D eigenvalue weighted by Crippen LogP contribution is 2.36. The van der Waals surface area contributed by atoms with E-state index in [2.05, 4.69) is 5.32 Å². The number of phenolic OH excluding ortho intramolecular Hbond substituents is 1. The van der Waals surface area contributed by atoms with Crippen molar-refractivity contribution in [2.45, 2.75) is 39.3 Å². The molecule has 134 valence electrons. The molecule has 2 aliphatic heterocycles. The molecule has 0 spiro atoms. The van der Waals surface area contributed by atoms with Gasteiger partial charge in [-0.05, 0) is 35.1 Å². The van der Waals surface area contributed by atoms with Gasteiger partial charge in [-0.2, -0.15) is 0 Å². The van der Waals surface area contributed by atoms with Gasteiger partial charge >= 0.3 is 0 Å². The SMILES string of the molecule is CC(C)c1cc(C(=O)N2Cc3ccccc3C2)c(O)c2c1C(=O)NCC2. The number of hydrogen-bond donors (Lipinski definition) is 2. The van der Waals surface area contributed by atoms with Crippen LogP contribution in [0, 0.1) is 0 Å². The number of fused-ring (bicyclic) bond motifs is 2. The van der Waals surface area contributed by atoms with E-state index >= 15 is 0 Å². The van der Waals surface area contributed by atoms with Crippen LogP contribution in [0.1, 0.15) is 62.7 Å². The molecule has 0 aliphatic carbocycles. The third kappa shape index (κ3) is 2.55. The van der Waals surface area contributed by atoms with Crippen molar-refractivity contribution in [2.24, 2.45) is 0 Å². The van der Waals surface area contributed by atoms with E-state index in [9.17, 15) is 14.7 Å². The lowest BCUT2D eigenvalue weighted by Crippen LogP contribution is -2.34. The Balaban J connectivity index is 1.77. The number of nitrogens with zero attached hydrogens (tertiary/aromatic N) is 1. The Kier molecular flexibility index (Phi) is 3.94. The van der Waals surface area contributed by atoms with E-state index in [1.165, 1.54) is 0 Å². The first-order chi connectivity index (χ1) is 12.5. The Morgan fingerprint density at radius 2 is 1.85 bits per heavy atom. The smallest absolute Gasteiger partial charge is 0.258 e. The van der Waals surface area contributed by atoms with Gasteiger partial charge < -0.3 is 15.3 Å². The maximum Gasteiger partial charge on any atom is 0.258 e. The summed E-state index contributed by atoms with van der Waals surface area (Å²) in [5, 5.41) is 13.6. The Morgan fingerprint density at radius 3 is 2.46 bits per heavy atom. The molecule has 26 heavy (non-hydrogen) atoms. The van der Waals surface area contributed by atoms with Gasteiger partial charge in [-0.1, -0.05) is 38.1 Å². The lowest BCUT2D eigenvalue weighted by atomic mass is 9.86. The van der Waals surface area contributed by atoms with Crippen LogP contribution >= 0.6 is 0 Å². The molecular formula is C21H22N2O3. The average Bonchev–Trinajstić information content (AvgIpc) is 3.06. The molecule has 0 radical (unpaired) electrons. The van der Waals surface area contributed by atoms with Crippen molar-refractivity contribution in [1.29, 1.82) is 0 Å². The zero-order chi connectivity index (χ0) is 18.4. The van der Waals surface area contributed by atoms with Gasteiger partial charge in [-0.25, -0.2) is 0 Å². The van der Waals surface area contributed by atoms with Crippen molar-refractivity contribution < 1.29 is 14.7 Å². The van der Waals surface area contributed by atoms with Crippen LogP contribution in [0.15, 0.2) is 30.3 Å². The average molecular weight is 350 g/mol. The van der Waals surface area contributed by atoms with Gasteiger partial charge in [0, 0.05) is 30.8 Å². The van der Waals surface area contributed by atoms with Gasteiger partial charge in [0.05, 0.1) is 5.56 Å². The van der Waals surface area contributed by atoms with E-state index in [1.807, 2.05) is 38.1 Å². The van der Waals surface area contributed by atoms with Gasteiger partial charge in [-0.3, -0.25) is 9.59 Å². The number of aromatic hydroxyl groups is 1. The maximum absolute atomic E-state index is 13.1. The first kappa shape index (κ1) is 16.6. The van der Waals surface area contributed by atoms with Crippen molar-refractivity contribution in [1.82, 2.24) is 10.2 Å². The van der Waals surface area contributed by atoms with E-state index in [0.717, 1.165) is 16.7 Å². The molecule has 0 bridgehead atoms. The summed E-state index contributed by atoms with van der Waals surface area (Å²) in [7, 11) is 0. The zero-order valence-electron chi connectivity index (χ0n) is 15.0. The largest absolute Gasteiger partial charge is 0.507 e. The molecule has 0 fully saturated rings. The molecular weight excluding hydrogens is 328 g/mol. The molecule has 0 unspecified atom stereocenters. The first-order valence-electron chi connectivity index (χ1n) is 9.00. The van der Waals surface area contributed by atoms with E-state index in [0.29, 0.717) is 42.7 Å². The standard InChI is InChI=1S/C21H22N2O3/c1-12(2)16-9-17(19(24)15-7-8-22-20(25)18(15)16)21(26)23-10-13-5-3-4-6-14(13)11-23/h3-6,9,12,24H,7-8,10-11H2,1-2H3,(H,22,25). The van der Waals surface area contributed by atoms with E-state index in [-0.39, 0.29) is 23.5 Å². The van der Waals surface area contributed by atoms with Crippen molar-refractivity contribution in [3.8, 4) is 5.75 Å². The van der Waals surface area contributed by atoms with Crippen molar-refractivity contribution in [3.05, 3.63) is 63.7 Å². The van der Waals surface area contributed by atoms with Crippen LogP contribution in [0.4, 0.5) is 0 Å². The van der Waals surface area contributed by atoms with Crippen LogP contribution in [0.3, 0.4) is 0 Å². The highest BCUT2D eigenvalue weighted by Gasteiger charge is 2.31. The maximum atomic E-state index is 13.1. The number of carbonyl (C=O) groups excluding carboxylic acids is 2. The number of carbonyl (C=O) groups is 2. The third-order valence-corrected chi connectivity index (χ3v) is 5.30. The van der Waals surface area contributed by atoms with Crippen molar-refractivity contribution >= 4 is 11.8 Å².